The van der Waals surface area contributed by atoms with Crippen molar-refractivity contribution in [3.63, 3.8) is 0 Å². The molecule has 0 saturated heterocycles. The molecular formula is C11H11BrN2OS. The summed E-state index contributed by atoms with van der Waals surface area (Å²) in [6.45, 7) is 2.58. The predicted octanol–water partition coefficient (Wildman–Crippen LogP) is 3.44. The maximum Gasteiger partial charge on any atom is 0.218 e. The van der Waals surface area contributed by atoms with Crippen LogP contribution in [0.1, 0.15) is 17.6 Å². The van der Waals surface area contributed by atoms with Gasteiger partial charge in [-0.3, -0.25) is 0 Å². The molecule has 0 aliphatic carbocycles. The molecule has 0 bridgehead atoms. The average Bonchev–Trinajstić information content (AvgIpc) is 2.78. The Morgan fingerprint density at radius 3 is 3.00 bits per heavy atom. The van der Waals surface area contributed by atoms with Crippen molar-refractivity contribution in [1.29, 1.82) is 0 Å². The summed E-state index contributed by atoms with van der Waals surface area (Å²) in [4.78, 5) is 9.71. The van der Waals surface area contributed by atoms with E-state index in [4.69, 9.17) is 4.74 Å². The van der Waals surface area contributed by atoms with E-state index in [9.17, 15) is 0 Å². The van der Waals surface area contributed by atoms with Gasteiger partial charge in [-0.2, -0.15) is 4.98 Å². The molecule has 0 aliphatic rings. The summed E-state index contributed by atoms with van der Waals surface area (Å²) in [6.07, 6.45) is 0.800. The highest BCUT2D eigenvalue weighted by atomic mass is 79.9. The SMILES string of the molecule is CCc1nc(Br)cc(OCc2cccs2)n1. The molecule has 0 unspecified atom stereocenters. The van der Waals surface area contributed by atoms with Gasteiger partial charge in [-0.15, -0.1) is 11.3 Å². The fraction of sp³-hybridized carbons (Fsp3) is 0.273. The van der Waals surface area contributed by atoms with Crippen LogP contribution in [0, 0.1) is 0 Å². The smallest absolute Gasteiger partial charge is 0.218 e. The van der Waals surface area contributed by atoms with Gasteiger partial charge in [0.05, 0.1) is 0 Å². The molecule has 16 heavy (non-hydrogen) atoms. The maximum atomic E-state index is 5.60. The molecule has 2 aromatic rings. The first kappa shape index (κ1) is 11.5. The fourth-order valence-corrected chi connectivity index (χ4v) is 2.23. The molecule has 2 heterocycles. The highest BCUT2D eigenvalue weighted by molar-refractivity contribution is 9.10. The summed E-state index contributed by atoms with van der Waals surface area (Å²) >= 11 is 5.02. The topological polar surface area (TPSA) is 35.0 Å². The highest BCUT2D eigenvalue weighted by Crippen LogP contribution is 2.17. The van der Waals surface area contributed by atoms with Gasteiger partial charge < -0.3 is 4.74 Å². The molecule has 5 heteroatoms. The largest absolute Gasteiger partial charge is 0.472 e. The Hall–Kier alpha value is -0.940. The van der Waals surface area contributed by atoms with Gasteiger partial charge in [0.1, 0.15) is 17.0 Å². The van der Waals surface area contributed by atoms with Crippen molar-refractivity contribution in [2.45, 2.75) is 20.0 Å². The molecule has 0 radical (unpaired) electrons. The average molecular weight is 299 g/mol. The minimum Gasteiger partial charge on any atom is -0.472 e. The molecule has 0 aromatic carbocycles. The lowest BCUT2D eigenvalue weighted by molar-refractivity contribution is 0.295. The second-order valence-electron chi connectivity index (χ2n) is 3.17. The van der Waals surface area contributed by atoms with Gasteiger partial charge in [-0.05, 0) is 27.4 Å². The summed E-state index contributed by atoms with van der Waals surface area (Å²) in [5, 5.41) is 2.03. The van der Waals surface area contributed by atoms with Gasteiger partial charge in [0.2, 0.25) is 5.88 Å². The number of hydrogen-bond acceptors (Lipinski definition) is 4. The van der Waals surface area contributed by atoms with Crippen molar-refractivity contribution in [2.75, 3.05) is 0 Å². The number of rotatable bonds is 4. The van der Waals surface area contributed by atoms with Crippen LogP contribution in [0.2, 0.25) is 0 Å². The highest BCUT2D eigenvalue weighted by Gasteiger charge is 2.03. The molecule has 0 fully saturated rings. The normalized spacial score (nSPS) is 10.4. The van der Waals surface area contributed by atoms with E-state index in [1.807, 2.05) is 24.4 Å². The molecule has 2 rings (SSSR count). The maximum absolute atomic E-state index is 5.60. The molecule has 0 N–H and O–H groups in total. The Bertz CT molecular complexity index is 459. The van der Waals surface area contributed by atoms with Crippen LogP contribution >= 0.6 is 27.3 Å². The molecular weight excluding hydrogens is 288 g/mol. The van der Waals surface area contributed by atoms with Crippen LogP contribution in [0.3, 0.4) is 0 Å². The minimum absolute atomic E-state index is 0.560. The molecule has 2 aromatic heterocycles. The van der Waals surface area contributed by atoms with Gasteiger partial charge in [0.15, 0.2) is 0 Å². The Morgan fingerprint density at radius 1 is 1.44 bits per heavy atom. The predicted molar refractivity (Wildman–Crippen MR) is 67.8 cm³/mol. The number of aromatic nitrogens is 2. The van der Waals surface area contributed by atoms with Gasteiger partial charge in [-0.1, -0.05) is 13.0 Å². The van der Waals surface area contributed by atoms with Crippen LogP contribution in [0.15, 0.2) is 28.2 Å². The first-order chi connectivity index (χ1) is 7.78. The fourth-order valence-electron chi connectivity index (χ4n) is 1.21. The van der Waals surface area contributed by atoms with Gasteiger partial charge in [0, 0.05) is 17.4 Å². The lowest BCUT2D eigenvalue weighted by Gasteiger charge is -2.05. The molecule has 84 valence electrons. The number of hydrogen-bond donors (Lipinski definition) is 0. The van der Waals surface area contributed by atoms with Crippen molar-refractivity contribution in [1.82, 2.24) is 9.97 Å². The number of ether oxygens (including phenoxy) is 1. The van der Waals surface area contributed by atoms with E-state index >= 15 is 0 Å². The summed E-state index contributed by atoms with van der Waals surface area (Å²) in [5.41, 5.74) is 0. The van der Waals surface area contributed by atoms with E-state index in [0.717, 1.165) is 16.8 Å². The number of halogens is 1. The van der Waals surface area contributed by atoms with Crippen LogP contribution in [0.4, 0.5) is 0 Å². The molecule has 0 aliphatic heterocycles. The third-order valence-electron chi connectivity index (χ3n) is 1.98. The van der Waals surface area contributed by atoms with Gasteiger partial charge in [-0.25, -0.2) is 4.98 Å². The minimum atomic E-state index is 0.560. The van der Waals surface area contributed by atoms with Crippen molar-refractivity contribution in [3.05, 3.63) is 38.9 Å². The summed E-state index contributed by atoms with van der Waals surface area (Å²) in [5.74, 6) is 1.41. The lowest BCUT2D eigenvalue weighted by atomic mass is 10.4. The van der Waals surface area contributed by atoms with E-state index in [2.05, 4.69) is 25.9 Å². The van der Waals surface area contributed by atoms with Gasteiger partial charge >= 0.3 is 0 Å². The first-order valence-electron chi connectivity index (χ1n) is 4.96. The molecule has 0 saturated carbocycles. The van der Waals surface area contributed by atoms with Crippen LogP contribution in [0.25, 0.3) is 0 Å². The van der Waals surface area contributed by atoms with E-state index in [1.54, 1.807) is 17.4 Å². The van der Waals surface area contributed by atoms with E-state index in [-0.39, 0.29) is 0 Å². The van der Waals surface area contributed by atoms with Crippen molar-refractivity contribution >= 4 is 27.3 Å². The van der Waals surface area contributed by atoms with Crippen LogP contribution in [-0.2, 0) is 13.0 Å². The zero-order valence-corrected chi connectivity index (χ0v) is 11.2. The van der Waals surface area contributed by atoms with E-state index in [1.165, 1.54) is 4.88 Å². The molecule has 0 atom stereocenters. The zero-order chi connectivity index (χ0) is 11.4. The van der Waals surface area contributed by atoms with Crippen molar-refractivity contribution < 1.29 is 4.74 Å². The third kappa shape index (κ3) is 3.02. The Morgan fingerprint density at radius 2 is 2.31 bits per heavy atom. The first-order valence-corrected chi connectivity index (χ1v) is 6.64. The summed E-state index contributed by atoms with van der Waals surface area (Å²) in [6, 6.07) is 5.84. The van der Waals surface area contributed by atoms with E-state index < -0.39 is 0 Å². The second kappa shape index (κ2) is 5.41. The Balaban J connectivity index is 2.06. The molecule has 0 spiro atoms. The Labute approximate surface area is 107 Å². The Kier molecular flexibility index (Phi) is 3.90. The van der Waals surface area contributed by atoms with Crippen molar-refractivity contribution in [3.8, 4) is 5.88 Å². The van der Waals surface area contributed by atoms with Crippen molar-refractivity contribution in [2.24, 2.45) is 0 Å². The van der Waals surface area contributed by atoms with Crippen LogP contribution in [0.5, 0.6) is 5.88 Å². The quantitative estimate of drug-likeness (QED) is 0.811. The zero-order valence-electron chi connectivity index (χ0n) is 8.81. The van der Waals surface area contributed by atoms with E-state index in [0.29, 0.717) is 12.5 Å². The monoisotopic (exact) mass is 298 g/mol. The van der Waals surface area contributed by atoms with Gasteiger partial charge in [0.25, 0.3) is 0 Å². The van der Waals surface area contributed by atoms with Crippen LogP contribution in [-0.4, -0.2) is 9.97 Å². The number of thiophene rings is 1. The number of aryl methyl sites for hydroxylation is 1. The van der Waals surface area contributed by atoms with Crippen LogP contribution < -0.4 is 4.74 Å². The molecule has 3 nitrogen and oxygen atoms in total. The number of nitrogens with zero attached hydrogens (tertiary/aromatic N) is 2. The standard InChI is InChI=1S/C11H11BrN2OS/c1-2-10-13-9(12)6-11(14-10)15-7-8-4-3-5-16-8/h3-6H,2,7H2,1H3. The summed E-state index contributed by atoms with van der Waals surface area (Å²) in [7, 11) is 0. The lowest BCUT2D eigenvalue weighted by Crippen LogP contribution is -2.00. The summed E-state index contributed by atoms with van der Waals surface area (Å²) < 4.78 is 6.37. The third-order valence-corrected chi connectivity index (χ3v) is 3.23. The second-order valence-corrected chi connectivity index (χ2v) is 5.01. The molecule has 0 amide bonds.